The first-order valence-electron chi connectivity index (χ1n) is 13.1. The SMILES string of the molecule is COc1cc(C(=O)[C@@H]2CO[C@@H](c3cc(OC)c(O)c(OC)c3)[C@@H]2CO[C@@H]2O[C@H](CO)[C@@H](O)[C@H](O)[C@H]2O)cc(OC)c1O. The van der Waals surface area contributed by atoms with E-state index in [-0.39, 0.29) is 53.3 Å². The summed E-state index contributed by atoms with van der Waals surface area (Å²) < 4.78 is 38.4. The van der Waals surface area contributed by atoms with Gasteiger partial charge < -0.3 is 63.8 Å². The van der Waals surface area contributed by atoms with Gasteiger partial charge in [0, 0.05) is 11.5 Å². The van der Waals surface area contributed by atoms with Crippen molar-refractivity contribution in [3.05, 3.63) is 35.4 Å². The maximum Gasteiger partial charge on any atom is 0.200 e. The van der Waals surface area contributed by atoms with Crippen LogP contribution in [-0.2, 0) is 14.2 Å². The normalized spacial score (nSPS) is 29.2. The molecule has 2 saturated heterocycles. The molecule has 0 radical (unpaired) electrons. The number of hydrogen-bond acceptors (Lipinski definition) is 14. The Kier molecular flexibility index (Phi) is 9.99. The largest absolute Gasteiger partial charge is 0.502 e. The van der Waals surface area contributed by atoms with Gasteiger partial charge in [-0.2, -0.15) is 0 Å². The lowest BCUT2D eigenvalue weighted by Crippen LogP contribution is -2.59. The lowest BCUT2D eigenvalue weighted by Gasteiger charge is -2.40. The molecule has 4 rings (SSSR count). The van der Waals surface area contributed by atoms with Gasteiger partial charge in [-0.05, 0) is 29.8 Å². The third kappa shape index (κ3) is 5.92. The molecule has 14 nitrogen and oxygen atoms in total. The van der Waals surface area contributed by atoms with E-state index in [9.17, 15) is 35.4 Å². The first kappa shape index (κ1) is 31.6. The molecule has 2 aliphatic heterocycles. The number of carbonyl (C=O) groups is 1. The van der Waals surface area contributed by atoms with Gasteiger partial charge >= 0.3 is 0 Å². The van der Waals surface area contributed by atoms with E-state index in [0.717, 1.165) is 0 Å². The van der Waals surface area contributed by atoms with Crippen molar-refractivity contribution in [2.24, 2.45) is 11.8 Å². The number of aliphatic hydroxyl groups is 4. The third-order valence-corrected chi connectivity index (χ3v) is 7.59. The summed E-state index contributed by atoms with van der Waals surface area (Å²) in [7, 11) is 5.40. The minimum atomic E-state index is -1.66. The second-order valence-corrected chi connectivity index (χ2v) is 9.92. The Morgan fingerprint density at radius 1 is 0.833 bits per heavy atom. The molecule has 0 spiro atoms. The van der Waals surface area contributed by atoms with Crippen LogP contribution in [0.3, 0.4) is 0 Å². The first-order chi connectivity index (χ1) is 20.1. The molecule has 2 aliphatic rings. The smallest absolute Gasteiger partial charge is 0.200 e. The van der Waals surface area contributed by atoms with Gasteiger partial charge in [-0.1, -0.05) is 0 Å². The molecule has 2 aromatic rings. The number of benzene rings is 2. The molecule has 0 bridgehead atoms. The summed E-state index contributed by atoms with van der Waals surface area (Å²) in [6.07, 6.45) is -8.33. The Hall–Kier alpha value is -3.37. The fourth-order valence-corrected chi connectivity index (χ4v) is 5.22. The molecule has 0 unspecified atom stereocenters. The van der Waals surface area contributed by atoms with Crippen molar-refractivity contribution in [2.45, 2.75) is 36.8 Å². The van der Waals surface area contributed by atoms with Crippen LogP contribution in [0.15, 0.2) is 24.3 Å². The molecule has 232 valence electrons. The number of rotatable bonds is 11. The molecule has 2 heterocycles. The Balaban J connectivity index is 1.70. The lowest BCUT2D eigenvalue weighted by molar-refractivity contribution is -0.304. The first-order valence-corrected chi connectivity index (χ1v) is 13.1. The Morgan fingerprint density at radius 3 is 1.86 bits per heavy atom. The summed E-state index contributed by atoms with van der Waals surface area (Å²) in [5, 5.41) is 61.1. The van der Waals surface area contributed by atoms with Crippen LogP contribution in [0.1, 0.15) is 22.0 Å². The van der Waals surface area contributed by atoms with Crippen LogP contribution in [-0.4, -0.2) is 115 Å². The Bertz CT molecular complexity index is 1200. The summed E-state index contributed by atoms with van der Waals surface area (Å²) in [5.74, 6) is -2.23. The molecule has 2 aromatic carbocycles. The number of ether oxygens (including phenoxy) is 7. The van der Waals surface area contributed by atoms with Gasteiger partial charge in [0.05, 0.1) is 60.3 Å². The number of Topliss-reactive ketones (excluding diaryl/α,β-unsaturated/α-hetero) is 1. The van der Waals surface area contributed by atoms with E-state index in [1.807, 2.05) is 0 Å². The fraction of sp³-hybridized carbons (Fsp3) is 0.536. The minimum absolute atomic E-state index is 0.0234. The molecule has 42 heavy (non-hydrogen) atoms. The highest BCUT2D eigenvalue weighted by Crippen LogP contribution is 2.46. The number of methoxy groups -OCH3 is 4. The number of ketones is 1. The van der Waals surface area contributed by atoms with Gasteiger partial charge in [-0.3, -0.25) is 4.79 Å². The van der Waals surface area contributed by atoms with Crippen molar-refractivity contribution < 1.29 is 68.6 Å². The average molecular weight is 597 g/mol. The quantitative estimate of drug-likeness (QED) is 0.191. The summed E-state index contributed by atoms with van der Waals surface area (Å²) in [5.41, 5.74) is 0.648. The van der Waals surface area contributed by atoms with E-state index in [4.69, 9.17) is 33.2 Å². The lowest BCUT2D eigenvalue weighted by atomic mass is 9.83. The number of aromatic hydroxyl groups is 2. The van der Waals surface area contributed by atoms with E-state index < -0.39 is 61.0 Å². The van der Waals surface area contributed by atoms with Crippen LogP contribution in [0, 0.1) is 11.8 Å². The Labute approximate surface area is 241 Å². The van der Waals surface area contributed by atoms with Gasteiger partial charge in [0.25, 0.3) is 0 Å². The summed E-state index contributed by atoms with van der Waals surface area (Å²) in [4.78, 5) is 13.9. The Morgan fingerprint density at radius 2 is 1.36 bits per heavy atom. The molecule has 14 heteroatoms. The molecular formula is C28H36O14. The summed E-state index contributed by atoms with van der Waals surface area (Å²) >= 11 is 0. The van der Waals surface area contributed by atoms with E-state index in [1.54, 1.807) is 0 Å². The topological polar surface area (TPSA) is 203 Å². The van der Waals surface area contributed by atoms with Crippen molar-refractivity contribution in [3.8, 4) is 34.5 Å². The van der Waals surface area contributed by atoms with Crippen LogP contribution >= 0.6 is 0 Å². The number of phenols is 2. The van der Waals surface area contributed by atoms with Crippen molar-refractivity contribution in [1.82, 2.24) is 0 Å². The standard InChI is InChI=1S/C28H36O14/c1-36-16-5-12(6-17(37-2)22(16)31)21(30)14-10-40-27(13-7-18(38-3)23(32)19(8-13)39-4)15(14)11-41-28-26(35)25(34)24(33)20(9-29)42-28/h5-8,14-15,20,24-29,31-35H,9-11H2,1-4H3/t14-,15-,20-,24-,25+,26-,27+,28-/m1/s1. The number of carbonyl (C=O) groups excluding carboxylic acids is 1. The van der Waals surface area contributed by atoms with Gasteiger partial charge in [0.1, 0.15) is 24.4 Å². The van der Waals surface area contributed by atoms with Crippen LogP contribution in [0.4, 0.5) is 0 Å². The zero-order valence-corrected chi connectivity index (χ0v) is 23.5. The highest BCUT2D eigenvalue weighted by Gasteiger charge is 2.47. The highest BCUT2D eigenvalue weighted by molar-refractivity contribution is 5.99. The van der Waals surface area contributed by atoms with Crippen molar-refractivity contribution in [2.75, 3.05) is 48.3 Å². The summed E-state index contributed by atoms with van der Waals surface area (Å²) in [6.45, 7) is -0.955. The number of aliphatic hydroxyl groups excluding tert-OH is 4. The van der Waals surface area contributed by atoms with Crippen molar-refractivity contribution >= 4 is 5.78 Å². The van der Waals surface area contributed by atoms with Gasteiger partial charge in [-0.15, -0.1) is 0 Å². The van der Waals surface area contributed by atoms with Gasteiger partial charge in [-0.25, -0.2) is 0 Å². The van der Waals surface area contributed by atoms with Crippen LogP contribution in [0.2, 0.25) is 0 Å². The molecule has 6 N–H and O–H groups in total. The van der Waals surface area contributed by atoms with Crippen LogP contribution < -0.4 is 18.9 Å². The number of hydrogen-bond donors (Lipinski definition) is 6. The van der Waals surface area contributed by atoms with Crippen LogP contribution in [0.25, 0.3) is 0 Å². The second kappa shape index (κ2) is 13.3. The molecular weight excluding hydrogens is 560 g/mol. The molecule has 2 fully saturated rings. The van der Waals surface area contributed by atoms with Gasteiger partial charge in [0.2, 0.25) is 11.5 Å². The predicted octanol–water partition coefficient (Wildman–Crippen LogP) is 0.135. The monoisotopic (exact) mass is 596 g/mol. The van der Waals surface area contributed by atoms with Crippen molar-refractivity contribution in [1.29, 1.82) is 0 Å². The zero-order valence-electron chi connectivity index (χ0n) is 23.5. The second-order valence-electron chi connectivity index (χ2n) is 9.92. The third-order valence-electron chi connectivity index (χ3n) is 7.59. The summed E-state index contributed by atoms with van der Waals surface area (Å²) in [6, 6.07) is 5.80. The molecule has 0 amide bonds. The van der Waals surface area contributed by atoms with Crippen LogP contribution in [0.5, 0.6) is 34.5 Å². The minimum Gasteiger partial charge on any atom is -0.502 e. The maximum atomic E-state index is 13.9. The molecule has 0 saturated carbocycles. The number of phenolic OH excluding ortho intramolecular Hbond substituents is 2. The molecule has 0 aliphatic carbocycles. The zero-order chi connectivity index (χ0) is 30.7. The van der Waals surface area contributed by atoms with E-state index in [2.05, 4.69) is 0 Å². The maximum absolute atomic E-state index is 13.9. The van der Waals surface area contributed by atoms with E-state index >= 15 is 0 Å². The van der Waals surface area contributed by atoms with Gasteiger partial charge in [0.15, 0.2) is 35.1 Å². The molecule has 0 aromatic heterocycles. The van der Waals surface area contributed by atoms with E-state index in [1.165, 1.54) is 52.7 Å². The predicted molar refractivity (Wildman–Crippen MR) is 142 cm³/mol. The fourth-order valence-electron chi connectivity index (χ4n) is 5.22. The van der Waals surface area contributed by atoms with E-state index in [0.29, 0.717) is 5.56 Å². The molecule has 8 atom stereocenters. The average Bonchev–Trinajstić information content (AvgIpc) is 3.43. The van der Waals surface area contributed by atoms with Crippen molar-refractivity contribution in [3.63, 3.8) is 0 Å². The highest BCUT2D eigenvalue weighted by atomic mass is 16.7.